The summed E-state index contributed by atoms with van der Waals surface area (Å²) in [6.07, 6.45) is 1.42. The molecule has 0 aliphatic rings. The predicted octanol–water partition coefficient (Wildman–Crippen LogP) is 1.45. The van der Waals surface area contributed by atoms with Crippen LogP contribution in [0.25, 0.3) is 5.69 Å². The second-order valence-electron chi connectivity index (χ2n) is 3.97. The van der Waals surface area contributed by atoms with Gasteiger partial charge in [0.1, 0.15) is 6.07 Å². The van der Waals surface area contributed by atoms with E-state index in [1.54, 1.807) is 14.1 Å². The highest BCUT2D eigenvalue weighted by atomic mass is 16.2. The number of carbonyl (C=O) groups is 1. The predicted molar refractivity (Wildman–Crippen MR) is 66.3 cm³/mol. The third-order valence-corrected chi connectivity index (χ3v) is 2.51. The molecule has 1 heterocycles. The van der Waals surface area contributed by atoms with Crippen molar-refractivity contribution in [2.75, 3.05) is 14.1 Å². The van der Waals surface area contributed by atoms with Crippen molar-refractivity contribution in [3.63, 3.8) is 0 Å². The Morgan fingerprint density at radius 1 is 1.33 bits per heavy atom. The molecule has 1 aromatic carbocycles. The topological polar surface area (TPSA) is 61.9 Å². The Bertz CT molecular complexity index is 608. The first-order valence-corrected chi connectivity index (χ1v) is 5.40. The van der Waals surface area contributed by atoms with Crippen LogP contribution in [-0.2, 0) is 0 Å². The number of amides is 1. The minimum absolute atomic E-state index is 0.228. The van der Waals surface area contributed by atoms with E-state index in [9.17, 15) is 10.1 Å². The van der Waals surface area contributed by atoms with Crippen molar-refractivity contribution in [2.24, 2.45) is 0 Å². The molecular weight excluding hydrogens is 228 g/mol. The first kappa shape index (κ1) is 11.9. The lowest BCUT2D eigenvalue weighted by molar-refractivity contribution is 0.0827. The van der Waals surface area contributed by atoms with E-state index >= 15 is 0 Å². The van der Waals surface area contributed by atoms with Gasteiger partial charge in [-0.1, -0.05) is 18.2 Å². The van der Waals surface area contributed by atoms with Gasteiger partial charge in [0.05, 0.1) is 17.4 Å². The zero-order chi connectivity index (χ0) is 13.1. The number of hydrogen-bond acceptors (Lipinski definition) is 3. The van der Waals surface area contributed by atoms with Gasteiger partial charge in [0.15, 0.2) is 5.69 Å². The molecule has 5 nitrogen and oxygen atoms in total. The van der Waals surface area contributed by atoms with Gasteiger partial charge < -0.3 is 4.90 Å². The van der Waals surface area contributed by atoms with E-state index in [1.807, 2.05) is 36.4 Å². The maximum atomic E-state index is 11.9. The summed E-state index contributed by atoms with van der Waals surface area (Å²) >= 11 is 0. The lowest BCUT2D eigenvalue weighted by Crippen LogP contribution is -2.22. The number of rotatable bonds is 2. The molecule has 2 aromatic rings. The van der Waals surface area contributed by atoms with Crippen LogP contribution in [0.2, 0.25) is 0 Å². The maximum Gasteiger partial charge on any atom is 0.257 e. The Morgan fingerprint density at radius 3 is 2.56 bits per heavy atom. The van der Waals surface area contributed by atoms with Gasteiger partial charge in [-0.05, 0) is 12.1 Å². The quantitative estimate of drug-likeness (QED) is 0.798. The van der Waals surface area contributed by atoms with Crippen molar-refractivity contribution < 1.29 is 4.79 Å². The van der Waals surface area contributed by atoms with Crippen molar-refractivity contribution in [2.45, 2.75) is 0 Å². The van der Waals surface area contributed by atoms with Crippen molar-refractivity contribution in [3.05, 3.63) is 47.8 Å². The minimum atomic E-state index is -0.228. The van der Waals surface area contributed by atoms with Crippen LogP contribution in [0.5, 0.6) is 0 Å². The Balaban J connectivity index is 2.54. The monoisotopic (exact) mass is 240 g/mol. The molecule has 5 heteroatoms. The van der Waals surface area contributed by atoms with Gasteiger partial charge in [0.25, 0.3) is 5.91 Å². The number of nitriles is 1. The second-order valence-corrected chi connectivity index (χ2v) is 3.97. The summed E-state index contributed by atoms with van der Waals surface area (Å²) in [5.74, 6) is -0.228. The summed E-state index contributed by atoms with van der Waals surface area (Å²) < 4.78 is 1.47. The van der Waals surface area contributed by atoms with E-state index in [0.717, 1.165) is 5.69 Å². The average Bonchev–Trinajstić information content (AvgIpc) is 2.82. The first-order valence-electron chi connectivity index (χ1n) is 5.40. The van der Waals surface area contributed by atoms with Crippen LogP contribution in [0.4, 0.5) is 0 Å². The lowest BCUT2D eigenvalue weighted by Gasteiger charge is -2.08. The fourth-order valence-corrected chi connectivity index (χ4v) is 1.62. The van der Waals surface area contributed by atoms with Gasteiger partial charge in [0.2, 0.25) is 0 Å². The van der Waals surface area contributed by atoms with Crippen molar-refractivity contribution in [3.8, 4) is 11.8 Å². The second kappa shape index (κ2) is 4.72. The Kier molecular flexibility index (Phi) is 3.11. The van der Waals surface area contributed by atoms with Gasteiger partial charge in [-0.15, -0.1) is 0 Å². The molecule has 0 N–H and O–H groups in total. The highest BCUT2D eigenvalue weighted by Gasteiger charge is 2.19. The SMILES string of the molecule is CN(C)C(=O)c1cnn(-c2ccccc2)c1C#N. The van der Waals surface area contributed by atoms with Crippen LogP contribution in [0, 0.1) is 11.3 Å². The summed E-state index contributed by atoms with van der Waals surface area (Å²) in [5, 5.41) is 13.3. The van der Waals surface area contributed by atoms with Crippen LogP contribution in [0.3, 0.4) is 0 Å². The van der Waals surface area contributed by atoms with E-state index in [4.69, 9.17) is 0 Å². The van der Waals surface area contributed by atoms with Gasteiger partial charge in [0, 0.05) is 14.1 Å². The van der Waals surface area contributed by atoms with Gasteiger partial charge in [-0.2, -0.15) is 10.4 Å². The standard InChI is InChI=1S/C13H12N4O/c1-16(2)13(18)11-9-15-17(12(11)8-14)10-6-4-3-5-7-10/h3-7,9H,1-2H3. The van der Waals surface area contributed by atoms with E-state index in [0.29, 0.717) is 5.56 Å². The molecule has 0 aliphatic heterocycles. The number of para-hydroxylation sites is 1. The molecule has 0 fully saturated rings. The Labute approximate surface area is 105 Å². The van der Waals surface area contributed by atoms with Crippen molar-refractivity contribution in [1.82, 2.24) is 14.7 Å². The first-order chi connectivity index (χ1) is 8.65. The molecule has 2 rings (SSSR count). The molecule has 0 aliphatic carbocycles. The lowest BCUT2D eigenvalue weighted by atomic mass is 10.2. The summed E-state index contributed by atoms with van der Waals surface area (Å²) in [4.78, 5) is 13.3. The molecule has 0 radical (unpaired) electrons. The fraction of sp³-hybridized carbons (Fsp3) is 0.154. The minimum Gasteiger partial charge on any atom is -0.345 e. The highest BCUT2D eigenvalue weighted by molar-refractivity contribution is 5.95. The Morgan fingerprint density at radius 2 is 2.00 bits per heavy atom. The summed E-state index contributed by atoms with van der Waals surface area (Å²) in [7, 11) is 3.28. The van der Waals surface area contributed by atoms with Crippen LogP contribution >= 0.6 is 0 Å². The van der Waals surface area contributed by atoms with Crippen LogP contribution in [-0.4, -0.2) is 34.7 Å². The molecule has 0 atom stereocenters. The van der Waals surface area contributed by atoms with Crippen molar-refractivity contribution >= 4 is 5.91 Å². The molecular formula is C13H12N4O. The molecule has 0 saturated heterocycles. The summed E-state index contributed by atoms with van der Waals surface area (Å²) in [6, 6.07) is 11.3. The molecule has 18 heavy (non-hydrogen) atoms. The van der Waals surface area contributed by atoms with Gasteiger partial charge in [-0.3, -0.25) is 4.79 Å². The molecule has 0 bridgehead atoms. The molecule has 1 aromatic heterocycles. The smallest absolute Gasteiger partial charge is 0.257 e. The van der Waals surface area contributed by atoms with E-state index in [2.05, 4.69) is 5.10 Å². The molecule has 1 amide bonds. The van der Waals surface area contributed by atoms with Crippen LogP contribution in [0.15, 0.2) is 36.5 Å². The number of aromatic nitrogens is 2. The van der Waals surface area contributed by atoms with E-state index in [-0.39, 0.29) is 11.6 Å². The van der Waals surface area contributed by atoms with E-state index in [1.165, 1.54) is 15.8 Å². The zero-order valence-electron chi connectivity index (χ0n) is 10.2. The zero-order valence-corrected chi connectivity index (χ0v) is 10.2. The number of carbonyl (C=O) groups excluding carboxylic acids is 1. The van der Waals surface area contributed by atoms with E-state index < -0.39 is 0 Å². The number of nitrogens with zero attached hydrogens (tertiary/aromatic N) is 4. The van der Waals surface area contributed by atoms with Crippen LogP contribution < -0.4 is 0 Å². The maximum absolute atomic E-state index is 11.9. The fourth-order valence-electron chi connectivity index (χ4n) is 1.62. The van der Waals surface area contributed by atoms with Crippen LogP contribution in [0.1, 0.15) is 16.1 Å². The summed E-state index contributed by atoms with van der Waals surface area (Å²) in [5.41, 5.74) is 1.32. The van der Waals surface area contributed by atoms with Gasteiger partial charge >= 0.3 is 0 Å². The highest BCUT2D eigenvalue weighted by Crippen LogP contribution is 2.15. The molecule has 0 spiro atoms. The molecule has 90 valence electrons. The number of hydrogen-bond donors (Lipinski definition) is 0. The van der Waals surface area contributed by atoms with Gasteiger partial charge in [-0.25, -0.2) is 4.68 Å². The molecule has 0 unspecified atom stereocenters. The largest absolute Gasteiger partial charge is 0.345 e. The third kappa shape index (κ3) is 1.96. The van der Waals surface area contributed by atoms with Crippen molar-refractivity contribution in [1.29, 1.82) is 5.26 Å². The number of benzene rings is 1. The summed E-state index contributed by atoms with van der Waals surface area (Å²) in [6.45, 7) is 0. The average molecular weight is 240 g/mol. The normalized spacial score (nSPS) is 9.83. The molecule has 0 saturated carbocycles. The third-order valence-electron chi connectivity index (χ3n) is 2.51. The Hall–Kier alpha value is -2.61.